The summed E-state index contributed by atoms with van der Waals surface area (Å²) in [4.78, 5) is 3.49. The summed E-state index contributed by atoms with van der Waals surface area (Å²) in [5, 5.41) is 0.356. The summed E-state index contributed by atoms with van der Waals surface area (Å²) in [7, 11) is 0. The lowest BCUT2D eigenvalue weighted by atomic mass is 11.0. The summed E-state index contributed by atoms with van der Waals surface area (Å²) in [5.41, 5.74) is 0. The first kappa shape index (κ1) is 3.74. The second kappa shape index (κ2) is 1.34. The first-order valence-corrected chi connectivity index (χ1v) is 1.85. The van der Waals surface area contributed by atoms with Gasteiger partial charge in [-0.1, -0.05) is 12.6 Å². The molecular formula is C3H2NOS. The minimum atomic E-state index is 0.356. The Kier molecular flexibility index (Phi) is 0.837. The van der Waals surface area contributed by atoms with E-state index >= 15 is 0 Å². The zero-order valence-corrected chi connectivity index (χ0v) is 3.77. The van der Waals surface area contributed by atoms with E-state index in [0.29, 0.717) is 5.22 Å². The Morgan fingerprint density at radius 1 is 2.00 bits per heavy atom. The van der Waals surface area contributed by atoms with Crippen LogP contribution >= 0.6 is 12.6 Å². The quantitative estimate of drug-likeness (QED) is 0.487. The molecule has 1 rings (SSSR count). The Morgan fingerprint density at radius 3 is 3.00 bits per heavy atom. The summed E-state index contributed by atoms with van der Waals surface area (Å²) in [5.74, 6) is 0. The second-order valence-electron chi connectivity index (χ2n) is 0.759. The second-order valence-corrected chi connectivity index (χ2v) is 1.14. The van der Waals surface area contributed by atoms with E-state index in [1.807, 2.05) is 0 Å². The van der Waals surface area contributed by atoms with Crippen LogP contribution in [0.5, 0.6) is 0 Å². The van der Waals surface area contributed by atoms with Crippen molar-refractivity contribution in [2.75, 3.05) is 0 Å². The molecule has 0 saturated heterocycles. The van der Waals surface area contributed by atoms with Crippen molar-refractivity contribution in [1.82, 2.24) is 4.98 Å². The number of thiol groups is 1. The number of hydrogen-bond acceptors (Lipinski definition) is 3. The molecule has 1 aromatic heterocycles. The monoisotopic (exact) mass is 100.0 g/mol. The van der Waals surface area contributed by atoms with Crippen molar-refractivity contribution in [2.24, 2.45) is 0 Å². The van der Waals surface area contributed by atoms with Crippen molar-refractivity contribution in [3.63, 3.8) is 0 Å². The zero-order valence-electron chi connectivity index (χ0n) is 2.88. The van der Waals surface area contributed by atoms with Gasteiger partial charge < -0.3 is 4.42 Å². The van der Waals surface area contributed by atoms with E-state index in [9.17, 15) is 0 Å². The molecule has 0 atom stereocenters. The highest BCUT2D eigenvalue weighted by Crippen LogP contribution is 1.95. The van der Waals surface area contributed by atoms with Gasteiger partial charge in [0.2, 0.25) is 0 Å². The van der Waals surface area contributed by atoms with Crippen molar-refractivity contribution >= 4 is 12.6 Å². The molecule has 0 aromatic carbocycles. The molecule has 0 unspecified atom stereocenters. The smallest absolute Gasteiger partial charge is 0.253 e. The summed E-state index contributed by atoms with van der Waals surface area (Å²) < 4.78 is 4.53. The number of nitrogens with zero attached hydrogens (tertiary/aromatic N) is 1. The van der Waals surface area contributed by atoms with E-state index in [1.54, 1.807) is 0 Å². The van der Waals surface area contributed by atoms with Crippen LogP contribution < -0.4 is 0 Å². The molecule has 0 aliphatic carbocycles. The summed E-state index contributed by atoms with van der Waals surface area (Å²) in [6, 6.07) is 0. The molecule has 0 fully saturated rings. The van der Waals surface area contributed by atoms with Crippen LogP contribution in [-0.4, -0.2) is 4.98 Å². The number of aromatic nitrogens is 1. The molecule has 0 spiro atoms. The maximum Gasteiger partial charge on any atom is 0.253 e. The highest BCUT2D eigenvalue weighted by Gasteiger charge is 1.80. The number of hydrogen-bond donors (Lipinski definition) is 1. The van der Waals surface area contributed by atoms with Gasteiger partial charge in [-0.2, -0.15) is 0 Å². The first-order valence-electron chi connectivity index (χ1n) is 1.40. The highest BCUT2D eigenvalue weighted by atomic mass is 32.1. The molecule has 1 radical (unpaired) electrons. The molecule has 31 valence electrons. The molecule has 1 aromatic rings. The zero-order chi connectivity index (χ0) is 4.41. The van der Waals surface area contributed by atoms with Crippen molar-refractivity contribution in [1.29, 1.82) is 0 Å². The minimum absolute atomic E-state index is 0.356. The Morgan fingerprint density at radius 2 is 2.83 bits per heavy atom. The van der Waals surface area contributed by atoms with E-state index in [-0.39, 0.29) is 0 Å². The van der Waals surface area contributed by atoms with Crippen LogP contribution in [0.3, 0.4) is 0 Å². The maximum absolute atomic E-state index is 4.53. The van der Waals surface area contributed by atoms with Gasteiger partial charge in [-0.15, -0.1) is 0 Å². The van der Waals surface area contributed by atoms with Gasteiger partial charge in [0.15, 0.2) is 0 Å². The van der Waals surface area contributed by atoms with Crippen LogP contribution in [0, 0.1) is 6.20 Å². The predicted molar refractivity (Wildman–Crippen MR) is 22.6 cm³/mol. The van der Waals surface area contributed by atoms with Crippen LogP contribution in [0.1, 0.15) is 0 Å². The van der Waals surface area contributed by atoms with E-state index in [0.717, 1.165) is 0 Å². The SMILES string of the molecule is Sc1n[c]co1. The Balaban J connectivity index is 3.05. The van der Waals surface area contributed by atoms with E-state index in [4.69, 9.17) is 0 Å². The fourth-order valence-corrected chi connectivity index (χ4v) is 0.297. The Labute approximate surface area is 40.6 Å². The molecule has 0 N–H and O–H groups in total. The van der Waals surface area contributed by atoms with Gasteiger partial charge in [0, 0.05) is 0 Å². The fourth-order valence-electron chi connectivity index (χ4n) is 0.187. The lowest BCUT2D eigenvalue weighted by molar-refractivity contribution is 0.456. The molecule has 0 amide bonds. The summed E-state index contributed by atoms with van der Waals surface area (Å²) >= 11 is 3.73. The van der Waals surface area contributed by atoms with Crippen LogP contribution in [0.4, 0.5) is 0 Å². The van der Waals surface area contributed by atoms with Crippen LogP contribution in [0.2, 0.25) is 0 Å². The standard InChI is InChI=1S/C3H2NOS/c6-3-4-1-2-5-3/h2H,(H,4,6). The lowest BCUT2D eigenvalue weighted by Crippen LogP contribution is -1.52. The lowest BCUT2D eigenvalue weighted by Gasteiger charge is -1.65. The Bertz CT molecular complexity index is 114. The van der Waals surface area contributed by atoms with Crippen LogP contribution in [0.25, 0.3) is 0 Å². The van der Waals surface area contributed by atoms with Gasteiger partial charge in [-0.3, -0.25) is 0 Å². The van der Waals surface area contributed by atoms with E-state index < -0.39 is 0 Å². The van der Waals surface area contributed by atoms with E-state index in [2.05, 4.69) is 28.2 Å². The highest BCUT2D eigenvalue weighted by molar-refractivity contribution is 7.80. The average molecular weight is 100 g/mol. The van der Waals surface area contributed by atoms with Gasteiger partial charge in [0.05, 0.1) is 0 Å². The molecular weight excluding hydrogens is 98.1 g/mol. The minimum Gasteiger partial charge on any atom is -0.439 e. The number of oxazole rings is 1. The molecule has 0 saturated carbocycles. The molecule has 0 aliphatic heterocycles. The third-order valence-corrected chi connectivity index (χ3v) is 0.583. The van der Waals surface area contributed by atoms with Crippen molar-refractivity contribution < 1.29 is 4.42 Å². The molecule has 0 bridgehead atoms. The number of rotatable bonds is 0. The van der Waals surface area contributed by atoms with Crippen molar-refractivity contribution in [2.45, 2.75) is 5.22 Å². The molecule has 1 heterocycles. The largest absolute Gasteiger partial charge is 0.439 e. The molecule has 6 heavy (non-hydrogen) atoms. The maximum atomic E-state index is 4.53. The van der Waals surface area contributed by atoms with Gasteiger partial charge in [-0.25, -0.2) is 4.98 Å². The Hall–Kier alpha value is -0.440. The normalized spacial score (nSPS) is 8.83. The van der Waals surface area contributed by atoms with E-state index in [1.165, 1.54) is 6.26 Å². The third-order valence-electron chi connectivity index (χ3n) is 0.377. The van der Waals surface area contributed by atoms with Crippen LogP contribution in [0.15, 0.2) is 15.9 Å². The van der Waals surface area contributed by atoms with Crippen LogP contribution in [-0.2, 0) is 0 Å². The van der Waals surface area contributed by atoms with Gasteiger partial charge in [0.25, 0.3) is 5.22 Å². The van der Waals surface area contributed by atoms with Gasteiger partial charge in [0.1, 0.15) is 12.5 Å². The van der Waals surface area contributed by atoms with Crippen molar-refractivity contribution in [3.05, 3.63) is 12.5 Å². The molecule has 0 aliphatic rings. The molecule has 2 nitrogen and oxygen atoms in total. The van der Waals surface area contributed by atoms with Gasteiger partial charge in [-0.05, 0) is 0 Å². The molecule has 3 heteroatoms. The van der Waals surface area contributed by atoms with Crippen molar-refractivity contribution in [3.8, 4) is 0 Å². The summed E-state index contributed by atoms with van der Waals surface area (Å²) in [6.07, 6.45) is 3.79. The summed E-state index contributed by atoms with van der Waals surface area (Å²) in [6.45, 7) is 0. The topological polar surface area (TPSA) is 26.0 Å². The van der Waals surface area contributed by atoms with Gasteiger partial charge >= 0.3 is 0 Å². The fraction of sp³-hybridized carbons (Fsp3) is 0. The third kappa shape index (κ3) is 0.542. The first-order chi connectivity index (χ1) is 2.89. The predicted octanol–water partition coefficient (Wildman–Crippen LogP) is 0.763. The average Bonchev–Trinajstić information content (AvgIpc) is 1.86.